The van der Waals surface area contributed by atoms with E-state index in [-0.39, 0.29) is 0 Å². The highest BCUT2D eigenvalue weighted by atomic mass is 32.1. The lowest BCUT2D eigenvalue weighted by molar-refractivity contribution is 0.483. The van der Waals surface area contributed by atoms with Crippen LogP contribution in [0.15, 0.2) is 65.6 Å². The van der Waals surface area contributed by atoms with Gasteiger partial charge in [0, 0.05) is 28.0 Å². The van der Waals surface area contributed by atoms with Crippen LogP contribution in [0.1, 0.15) is 11.5 Å². The van der Waals surface area contributed by atoms with Gasteiger partial charge in [-0.2, -0.15) is 0 Å². The number of hydrogen-bond acceptors (Lipinski definition) is 5. The van der Waals surface area contributed by atoms with Gasteiger partial charge in [-0.3, -0.25) is 0 Å². The van der Waals surface area contributed by atoms with E-state index in [4.69, 9.17) is 4.74 Å². The number of nitrogens with zero attached hydrogens (tertiary/aromatic N) is 3. The fraction of sp³-hybridized carbons (Fsp3) is 0.0500. The highest BCUT2D eigenvalue weighted by molar-refractivity contribution is 7.07. The third kappa shape index (κ3) is 3.32. The molecule has 2 N–H and O–H groups in total. The number of hydrogen-bond donors (Lipinski definition) is 2. The number of nitrogens with one attached hydrogen (secondary N) is 2. The van der Waals surface area contributed by atoms with E-state index in [1.54, 1.807) is 11.3 Å². The highest BCUT2D eigenvalue weighted by Gasteiger charge is 2.09. The first-order valence-corrected chi connectivity index (χ1v) is 9.42. The van der Waals surface area contributed by atoms with E-state index in [0.717, 1.165) is 39.5 Å². The predicted molar refractivity (Wildman–Crippen MR) is 105 cm³/mol. The van der Waals surface area contributed by atoms with Crippen LogP contribution >= 0.6 is 11.3 Å². The highest BCUT2D eigenvalue weighted by Crippen LogP contribution is 2.28. The Morgan fingerprint density at radius 3 is 2.89 bits per heavy atom. The standard InChI is InChI=1S/C20H15N5OS/c1-2-14(20-23-19(24-25-20)10-15-11-27-12-22-15)9-16(3-1)26-17-4-5-18-13(8-17)6-7-21-18/h1-9,11-12,21H,10H2,(H,23,24,25). The smallest absolute Gasteiger partial charge is 0.161 e. The van der Waals surface area contributed by atoms with Crippen LogP contribution in [0, 0.1) is 0 Å². The molecular weight excluding hydrogens is 358 g/mol. The van der Waals surface area contributed by atoms with Crippen LogP contribution in [0.2, 0.25) is 0 Å². The summed E-state index contributed by atoms with van der Waals surface area (Å²) in [5.74, 6) is 3.05. The normalized spacial score (nSPS) is 11.1. The van der Waals surface area contributed by atoms with E-state index in [2.05, 4.69) is 25.1 Å². The molecule has 0 aliphatic carbocycles. The van der Waals surface area contributed by atoms with Crippen LogP contribution in [0.25, 0.3) is 22.3 Å². The lowest BCUT2D eigenvalue weighted by atomic mass is 10.2. The monoisotopic (exact) mass is 373 g/mol. The second-order valence-electron chi connectivity index (χ2n) is 6.13. The maximum absolute atomic E-state index is 6.03. The summed E-state index contributed by atoms with van der Waals surface area (Å²) in [6.45, 7) is 0. The Balaban J connectivity index is 1.37. The van der Waals surface area contributed by atoms with Gasteiger partial charge in [0.25, 0.3) is 0 Å². The van der Waals surface area contributed by atoms with E-state index in [1.165, 1.54) is 0 Å². The van der Waals surface area contributed by atoms with Crippen molar-refractivity contribution >= 4 is 22.2 Å². The lowest BCUT2D eigenvalue weighted by Crippen LogP contribution is -1.90. The SMILES string of the molecule is c1cc(Oc2ccc3[nH]ccc3c2)cc(-c2nnc(Cc3cscn3)[nH]2)c1. The quantitative estimate of drug-likeness (QED) is 0.464. The fourth-order valence-corrected chi connectivity index (χ4v) is 3.50. The van der Waals surface area contributed by atoms with Crippen LogP contribution < -0.4 is 4.74 Å². The maximum atomic E-state index is 6.03. The summed E-state index contributed by atoms with van der Waals surface area (Å²) in [6, 6.07) is 15.8. The Kier molecular flexibility index (Phi) is 3.91. The minimum absolute atomic E-state index is 0.642. The fourth-order valence-electron chi connectivity index (χ4n) is 2.94. The zero-order valence-corrected chi connectivity index (χ0v) is 15.0. The molecule has 3 heterocycles. The molecule has 0 bridgehead atoms. The van der Waals surface area contributed by atoms with Gasteiger partial charge in [0.05, 0.1) is 17.6 Å². The Hall–Kier alpha value is -3.45. The van der Waals surface area contributed by atoms with Crippen molar-refractivity contribution in [3.8, 4) is 22.9 Å². The molecular formula is C20H15N5OS. The summed E-state index contributed by atoms with van der Waals surface area (Å²) < 4.78 is 6.03. The van der Waals surface area contributed by atoms with Gasteiger partial charge in [0.2, 0.25) is 0 Å². The largest absolute Gasteiger partial charge is 0.457 e. The topological polar surface area (TPSA) is 79.5 Å². The molecule has 6 nitrogen and oxygen atoms in total. The van der Waals surface area contributed by atoms with Crippen LogP contribution in [0.5, 0.6) is 11.5 Å². The molecule has 0 saturated carbocycles. The molecule has 5 rings (SSSR count). The molecule has 0 radical (unpaired) electrons. The molecule has 0 saturated heterocycles. The molecule has 0 unspecified atom stereocenters. The van der Waals surface area contributed by atoms with Crippen molar-refractivity contribution in [3.63, 3.8) is 0 Å². The number of thiazole rings is 1. The number of aromatic nitrogens is 5. The van der Waals surface area contributed by atoms with Crippen molar-refractivity contribution in [3.05, 3.63) is 77.1 Å². The zero-order valence-electron chi connectivity index (χ0n) is 14.2. The molecule has 2 aromatic carbocycles. The van der Waals surface area contributed by atoms with Gasteiger partial charge in [-0.05, 0) is 36.4 Å². The molecule has 0 spiro atoms. The van der Waals surface area contributed by atoms with Crippen LogP contribution in [-0.4, -0.2) is 25.1 Å². The number of fused-ring (bicyclic) bond motifs is 1. The summed E-state index contributed by atoms with van der Waals surface area (Å²) in [7, 11) is 0. The minimum Gasteiger partial charge on any atom is -0.457 e. The Bertz CT molecular complexity index is 1190. The molecule has 0 aliphatic rings. The van der Waals surface area contributed by atoms with Crippen molar-refractivity contribution in [2.24, 2.45) is 0 Å². The Morgan fingerprint density at radius 2 is 1.96 bits per heavy atom. The van der Waals surface area contributed by atoms with Crippen molar-refractivity contribution in [2.75, 3.05) is 0 Å². The van der Waals surface area contributed by atoms with Gasteiger partial charge >= 0.3 is 0 Å². The summed E-state index contributed by atoms with van der Waals surface area (Å²) in [5.41, 5.74) is 4.82. The van der Waals surface area contributed by atoms with Crippen LogP contribution in [0.4, 0.5) is 0 Å². The van der Waals surface area contributed by atoms with E-state index >= 15 is 0 Å². The van der Waals surface area contributed by atoms with Gasteiger partial charge < -0.3 is 14.7 Å². The zero-order chi connectivity index (χ0) is 18.1. The summed E-state index contributed by atoms with van der Waals surface area (Å²) >= 11 is 1.57. The predicted octanol–water partition coefficient (Wildman–Crippen LogP) is 4.79. The Morgan fingerprint density at radius 1 is 1.00 bits per heavy atom. The molecule has 5 aromatic rings. The molecule has 0 atom stereocenters. The molecule has 3 aromatic heterocycles. The van der Waals surface area contributed by atoms with Gasteiger partial charge in [0.1, 0.15) is 17.3 Å². The van der Waals surface area contributed by atoms with E-state index < -0.39 is 0 Å². The number of ether oxygens (including phenoxy) is 1. The molecule has 132 valence electrons. The molecule has 7 heteroatoms. The minimum atomic E-state index is 0.642. The third-order valence-electron chi connectivity index (χ3n) is 4.23. The summed E-state index contributed by atoms with van der Waals surface area (Å²) in [4.78, 5) is 10.7. The second kappa shape index (κ2) is 6.69. The Labute approximate surface area is 158 Å². The molecule has 27 heavy (non-hydrogen) atoms. The van der Waals surface area contributed by atoms with E-state index in [1.807, 2.05) is 65.6 Å². The second-order valence-corrected chi connectivity index (χ2v) is 6.85. The first-order chi connectivity index (χ1) is 13.3. The number of benzene rings is 2. The average Bonchev–Trinajstić information content (AvgIpc) is 3.44. The van der Waals surface area contributed by atoms with E-state index in [9.17, 15) is 0 Å². The summed E-state index contributed by atoms with van der Waals surface area (Å²) in [6.07, 6.45) is 2.56. The maximum Gasteiger partial charge on any atom is 0.161 e. The lowest BCUT2D eigenvalue weighted by Gasteiger charge is -2.07. The first-order valence-electron chi connectivity index (χ1n) is 8.47. The van der Waals surface area contributed by atoms with Gasteiger partial charge in [-0.25, -0.2) is 4.98 Å². The molecule has 0 fully saturated rings. The number of aromatic amines is 2. The number of rotatable bonds is 5. The molecule has 0 amide bonds. The summed E-state index contributed by atoms with van der Waals surface area (Å²) in [5, 5.41) is 11.6. The van der Waals surface area contributed by atoms with Crippen molar-refractivity contribution in [1.82, 2.24) is 25.1 Å². The number of H-pyrrole nitrogens is 2. The van der Waals surface area contributed by atoms with Crippen molar-refractivity contribution in [2.45, 2.75) is 6.42 Å². The van der Waals surface area contributed by atoms with Gasteiger partial charge in [-0.15, -0.1) is 21.5 Å². The van der Waals surface area contributed by atoms with Gasteiger partial charge in [-0.1, -0.05) is 12.1 Å². The third-order valence-corrected chi connectivity index (χ3v) is 4.87. The van der Waals surface area contributed by atoms with Crippen molar-refractivity contribution < 1.29 is 4.74 Å². The van der Waals surface area contributed by atoms with Crippen LogP contribution in [-0.2, 0) is 6.42 Å². The average molecular weight is 373 g/mol. The van der Waals surface area contributed by atoms with Crippen molar-refractivity contribution in [1.29, 1.82) is 0 Å². The molecule has 0 aliphatic heterocycles. The van der Waals surface area contributed by atoms with E-state index in [0.29, 0.717) is 12.2 Å². The van der Waals surface area contributed by atoms with Crippen LogP contribution in [0.3, 0.4) is 0 Å². The first kappa shape index (κ1) is 15.8. The van der Waals surface area contributed by atoms with Gasteiger partial charge in [0.15, 0.2) is 5.82 Å².